The highest BCUT2D eigenvalue weighted by molar-refractivity contribution is 5.72. The Morgan fingerprint density at radius 3 is 1.44 bits per heavy atom. The van der Waals surface area contributed by atoms with Crippen LogP contribution in [0.4, 0.5) is 0 Å². The normalized spacial score (nSPS) is 14.1. The highest BCUT2D eigenvalue weighted by atomic mass is 16.5. The Morgan fingerprint density at radius 2 is 0.941 bits per heavy atom. The van der Waals surface area contributed by atoms with Gasteiger partial charge in [0.15, 0.2) is 0 Å². The molecule has 0 fully saturated rings. The standard InChI is InChI=1S/C32H64O2/c1-6-11-13-15-17-22-27-31(26-21-16-14-12-7-2)32(33)34-28-23-19-18-20-25-30(10-5)29(9-4)24-8-3/h29-31H,6-28H2,1-5H3. The molecule has 2 nitrogen and oxygen atoms in total. The molecule has 0 aromatic rings. The zero-order valence-corrected chi connectivity index (χ0v) is 24.3. The number of carbonyl (C=O) groups is 1. The van der Waals surface area contributed by atoms with E-state index >= 15 is 0 Å². The van der Waals surface area contributed by atoms with E-state index in [1.165, 1.54) is 122 Å². The van der Waals surface area contributed by atoms with Crippen molar-refractivity contribution in [1.82, 2.24) is 0 Å². The van der Waals surface area contributed by atoms with Crippen LogP contribution < -0.4 is 0 Å². The maximum atomic E-state index is 12.8. The quantitative estimate of drug-likeness (QED) is 0.0908. The average molecular weight is 481 g/mol. The van der Waals surface area contributed by atoms with E-state index in [0.29, 0.717) is 6.61 Å². The third-order valence-corrected chi connectivity index (χ3v) is 7.98. The summed E-state index contributed by atoms with van der Waals surface area (Å²) < 4.78 is 5.78. The highest BCUT2D eigenvalue weighted by Crippen LogP contribution is 2.29. The first-order valence-corrected chi connectivity index (χ1v) is 15.8. The van der Waals surface area contributed by atoms with Crippen molar-refractivity contribution >= 4 is 5.97 Å². The van der Waals surface area contributed by atoms with E-state index in [4.69, 9.17) is 4.74 Å². The summed E-state index contributed by atoms with van der Waals surface area (Å²) >= 11 is 0. The van der Waals surface area contributed by atoms with E-state index in [-0.39, 0.29) is 11.9 Å². The van der Waals surface area contributed by atoms with Crippen molar-refractivity contribution < 1.29 is 9.53 Å². The monoisotopic (exact) mass is 480 g/mol. The molecule has 0 bridgehead atoms. The van der Waals surface area contributed by atoms with Gasteiger partial charge in [0.2, 0.25) is 0 Å². The van der Waals surface area contributed by atoms with Gasteiger partial charge in [0.1, 0.15) is 0 Å². The molecule has 0 aliphatic heterocycles. The Labute approximate surface area is 215 Å². The van der Waals surface area contributed by atoms with Gasteiger partial charge in [-0.2, -0.15) is 0 Å². The van der Waals surface area contributed by atoms with Crippen LogP contribution in [-0.4, -0.2) is 12.6 Å². The maximum absolute atomic E-state index is 12.8. The van der Waals surface area contributed by atoms with Gasteiger partial charge in [-0.05, 0) is 31.1 Å². The molecule has 34 heavy (non-hydrogen) atoms. The Morgan fingerprint density at radius 1 is 0.500 bits per heavy atom. The zero-order chi connectivity index (χ0) is 25.3. The molecule has 0 saturated carbocycles. The van der Waals surface area contributed by atoms with Crippen LogP contribution in [-0.2, 0) is 9.53 Å². The number of unbranched alkanes of at least 4 members (excludes halogenated alkanes) is 12. The van der Waals surface area contributed by atoms with Crippen LogP contribution in [0, 0.1) is 17.8 Å². The van der Waals surface area contributed by atoms with Gasteiger partial charge in [0, 0.05) is 0 Å². The summed E-state index contributed by atoms with van der Waals surface area (Å²) in [4.78, 5) is 12.8. The largest absolute Gasteiger partial charge is 0.465 e. The van der Waals surface area contributed by atoms with Gasteiger partial charge in [-0.1, -0.05) is 157 Å². The Hall–Kier alpha value is -0.530. The van der Waals surface area contributed by atoms with Crippen molar-refractivity contribution in [2.45, 2.75) is 176 Å². The molecule has 204 valence electrons. The molecule has 0 aromatic heterocycles. The summed E-state index contributed by atoms with van der Waals surface area (Å²) in [6.45, 7) is 12.2. The summed E-state index contributed by atoms with van der Waals surface area (Å²) in [5.41, 5.74) is 0. The predicted molar refractivity (Wildman–Crippen MR) is 151 cm³/mol. The second kappa shape index (κ2) is 25.6. The molecule has 3 unspecified atom stereocenters. The lowest BCUT2D eigenvalue weighted by molar-refractivity contribution is -0.149. The molecule has 0 aromatic carbocycles. The first-order valence-electron chi connectivity index (χ1n) is 15.8. The van der Waals surface area contributed by atoms with Crippen molar-refractivity contribution in [1.29, 1.82) is 0 Å². The molecule has 0 spiro atoms. The van der Waals surface area contributed by atoms with Gasteiger partial charge in [-0.25, -0.2) is 0 Å². The Balaban J connectivity index is 4.15. The van der Waals surface area contributed by atoms with E-state index < -0.39 is 0 Å². The SMILES string of the molecule is CCCCCCCCC(CCCCCCC)C(=O)OCCCCCCC(CC)C(CC)CCC. The fourth-order valence-electron chi connectivity index (χ4n) is 5.62. The molecule has 0 rings (SSSR count). The summed E-state index contributed by atoms with van der Waals surface area (Å²) in [5, 5.41) is 0. The first kappa shape index (κ1) is 33.5. The number of carbonyl (C=O) groups excluding carboxylic acids is 1. The van der Waals surface area contributed by atoms with Crippen LogP contribution in [0.3, 0.4) is 0 Å². The van der Waals surface area contributed by atoms with Crippen LogP contribution in [0.15, 0.2) is 0 Å². The second-order valence-electron chi connectivity index (χ2n) is 11.0. The molecule has 2 heteroatoms. The van der Waals surface area contributed by atoms with Crippen molar-refractivity contribution in [3.8, 4) is 0 Å². The van der Waals surface area contributed by atoms with Gasteiger partial charge in [0.05, 0.1) is 12.5 Å². The fraction of sp³-hybridized carbons (Fsp3) is 0.969. The molecule has 0 radical (unpaired) electrons. The van der Waals surface area contributed by atoms with Gasteiger partial charge in [-0.15, -0.1) is 0 Å². The van der Waals surface area contributed by atoms with Gasteiger partial charge < -0.3 is 4.74 Å². The van der Waals surface area contributed by atoms with E-state index in [2.05, 4.69) is 34.6 Å². The Bertz CT molecular complexity index is 419. The van der Waals surface area contributed by atoms with Crippen LogP contribution in [0.5, 0.6) is 0 Å². The molecule has 3 atom stereocenters. The predicted octanol–water partition coefficient (Wildman–Crippen LogP) is 11.1. The van der Waals surface area contributed by atoms with E-state index in [1.54, 1.807) is 0 Å². The average Bonchev–Trinajstić information content (AvgIpc) is 2.85. The lowest BCUT2D eigenvalue weighted by Gasteiger charge is -2.25. The number of esters is 1. The minimum atomic E-state index is 0.0976. The van der Waals surface area contributed by atoms with E-state index in [0.717, 1.165) is 31.1 Å². The summed E-state index contributed by atoms with van der Waals surface area (Å²) in [6.07, 6.45) is 27.8. The third kappa shape index (κ3) is 18.8. The lowest BCUT2D eigenvalue weighted by Crippen LogP contribution is -2.18. The number of hydrogen-bond donors (Lipinski definition) is 0. The van der Waals surface area contributed by atoms with Gasteiger partial charge in [-0.3, -0.25) is 4.79 Å². The van der Waals surface area contributed by atoms with Crippen LogP contribution in [0.25, 0.3) is 0 Å². The molecule has 0 aliphatic carbocycles. The highest BCUT2D eigenvalue weighted by Gasteiger charge is 2.19. The molecule has 0 N–H and O–H groups in total. The van der Waals surface area contributed by atoms with Crippen molar-refractivity contribution in [2.24, 2.45) is 17.8 Å². The van der Waals surface area contributed by atoms with E-state index in [9.17, 15) is 4.79 Å². The third-order valence-electron chi connectivity index (χ3n) is 7.98. The molecular formula is C32H64O2. The number of ether oxygens (including phenoxy) is 1. The maximum Gasteiger partial charge on any atom is 0.308 e. The molecule has 0 aliphatic rings. The smallest absolute Gasteiger partial charge is 0.308 e. The van der Waals surface area contributed by atoms with Crippen molar-refractivity contribution in [3.63, 3.8) is 0 Å². The first-order chi connectivity index (χ1) is 16.6. The summed E-state index contributed by atoms with van der Waals surface area (Å²) in [5.74, 6) is 2.06. The Kier molecular flexibility index (Phi) is 25.2. The molecule has 0 amide bonds. The van der Waals surface area contributed by atoms with Crippen molar-refractivity contribution in [3.05, 3.63) is 0 Å². The summed E-state index contributed by atoms with van der Waals surface area (Å²) in [7, 11) is 0. The zero-order valence-electron chi connectivity index (χ0n) is 24.3. The van der Waals surface area contributed by atoms with Gasteiger partial charge >= 0.3 is 5.97 Å². The molecular weight excluding hydrogens is 416 g/mol. The number of hydrogen-bond acceptors (Lipinski definition) is 2. The fourth-order valence-corrected chi connectivity index (χ4v) is 5.62. The van der Waals surface area contributed by atoms with Crippen LogP contribution >= 0.6 is 0 Å². The molecule has 0 saturated heterocycles. The van der Waals surface area contributed by atoms with Crippen molar-refractivity contribution in [2.75, 3.05) is 6.61 Å². The minimum absolute atomic E-state index is 0.0976. The van der Waals surface area contributed by atoms with E-state index in [1.807, 2.05) is 0 Å². The van der Waals surface area contributed by atoms with Crippen LogP contribution in [0.2, 0.25) is 0 Å². The minimum Gasteiger partial charge on any atom is -0.465 e. The summed E-state index contributed by atoms with van der Waals surface area (Å²) in [6, 6.07) is 0. The number of rotatable bonds is 26. The second-order valence-corrected chi connectivity index (χ2v) is 11.0. The van der Waals surface area contributed by atoms with Gasteiger partial charge in [0.25, 0.3) is 0 Å². The molecule has 0 heterocycles. The van der Waals surface area contributed by atoms with Crippen LogP contribution in [0.1, 0.15) is 176 Å². The topological polar surface area (TPSA) is 26.3 Å². The lowest BCUT2D eigenvalue weighted by atomic mass is 9.81.